The van der Waals surface area contributed by atoms with E-state index in [0.717, 1.165) is 24.5 Å². The van der Waals surface area contributed by atoms with Gasteiger partial charge in [-0.3, -0.25) is 18.9 Å². The Balaban J connectivity index is 1.21. The Kier molecular flexibility index (Phi) is 5.31. The summed E-state index contributed by atoms with van der Waals surface area (Å²) in [6.07, 6.45) is 5.07. The van der Waals surface area contributed by atoms with E-state index in [1.165, 1.54) is 11.3 Å². The van der Waals surface area contributed by atoms with Crippen LogP contribution in [0.15, 0.2) is 59.1 Å². The van der Waals surface area contributed by atoms with Crippen molar-refractivity contribution in [1.82, 2.24) is 29.0 Å². The average Bonchev–Trinajstić information content (AvgIpc) is 3.44. The minimum absolute atomic E-state index is 0.0313. The van der Waals surface area contributed by atoms with Crippen LogP contribution in [0.5, 0.6) is 0 Å². The van der Waals surface area contributed by atoms with Gasteiger partial charge in [0.2, 0.25) is 0 Å². The Morgan fingerprint density at radius 3 is 2.68 bits per heavy atom. The first-order valence-corrected chi connectivity index (χ1v) is 11.1. The number of amides is 1. The van der Waals surface area contributed by atoms with Crippen LogP contribution in [-0.4, -0.2) is 61.1 Å². The summed E-state index contributed by atoms with van der Waals surface area (Å²) in [4.78, 5) is 34.4. The van der Waals surface area contributed by atoms with Crippen molar-refractivity contribution >= 4 is 33.8 Å². The smallest absolute Gasteiger partial charge is 0.258 e. The third-order valence-electron chi connectivity index (χ3n) is 5.32. The van der Waals surface area contributed by atoms with Gasteiger partial charge in [0, 0.05) is 61.6 Å². The van der Waals surface area contributed by atoms with Crippen molar-refractivity contribution in [2.24, 2.45) is 0 Å². The number of aromatic nitrogens is 4. The minimum Gasteiger partial charge on any atom is -0.336 e. The number of hydrogen-bond donors (Lipinski definition) is 0. The first kappa shape index (κ1) is 19.9. The highest BCUT2D eigenvalue weighted by Crippen LogP contribution is 2.16. The third kappa shape index (κ3) is 4.12. The van der Waals surface area contributed by atoms with E-state index in [1.807, 2.05) is 22.4 Å². The maximum Gasteiger partial charge on any atom is 0.258 e. The van der Waals surface area contributed by atoms with Gasteiger partial charge in [-0.15, -0.1) is 11.3 Å². The Bertz CT molecular complexity index is 1290. The topological polar surface area (TPSA) is 75.7 Å². The molecule has 0 unspecified atom stereocenters. The van der Waals surface area contributed by atoms with Crippen LogP contribution in [0.1, 0.15) is 16.1 Å². The SMILES string of the molecule is O=C(c1cnn(-c2ccc(Cl)cc2)c1)N1CCN(Cc2cc(=O)n3ccsc3n2)CC1. The molecule has 0 saturated carbocycles. The van der Waals surface area contributed by atoms with E-state index >= 15 is 0 Å². The molecular formula is C21H19ClN6O2S. The van der Waals surface area contributed by atoms with E-state index in [1.54, 1.807) is 45.9 Å². The zero-order chi connectivity index (χ0) is 21.4. The van der Waals surface area contributed by atoms with Gasteiger partial charge in [0.25, 0.3) is 11.5 Å². The van der Waals surface area contributed by atoms with E-state index in [0.29, 0.717) is 35.2 Å². The van der Waals surface area contributed by atoms with Crippen LogP contribution in [0.3, 0.4) is 0 Å². The molecule has 0 bridgehead atoms. The molecule has 4 aromatic rings. The molecule has 4 heterocycles. The number of rotatable bonds is 4. The lowest BCUT2D eigenvalue weighted by Crippen LogP contribution is -2.48. The summed E-state index contributed by atoms with van der Waals surface area (Å²) in [6, 6.07) is 8.88. The van der Waals surface area contributed by atoms with E-state index in [4.69, 9.17) is 11.6 Å². The maximum atomic E-state index is 12.9. The van der Waals surface area contributed by atoms with Gasteiger partial charge in [-0.05, 0) is 24.3 Å². The van der Waals surface area contributed by atoms with Crippen molar-refractivity contribution < 1.29 is 4.79 Å². The van der Waals surface area contributed by atoms with Crippen molar-refractivity contribution in [1.29, 1.82) is 0 Å². The quantitative estimate of drug-likeness (QED) is 0.473. The number of carbonyl (C=O) groups is 1. The van der Waals surface area contributed by atoms with Gasteiger partial charge in [0.1, 0.15) is 0 Å². The molecule has 1 aliphatic rings. The van der Waals surface area contributed by atoms with Crippen LogP contribution >= 0.6 is 22.9 Å². The second-order valence-corrected chi connectivity index (χ2v) is 8.67. The maximum absolute atomic E-state index is 12.9. The van der Waals surface area contributed by atoms with E-state index in [-0.39, 0.29) is 11.5 Å². The highest BCUT2D eigenvalue weighted by molar-refractivity contribution is 7.15. The average molecular weight is 455 g/mol. The summed E-state index contributed by atoms with van der Waals surface area (Å²) in [6.45, 7) is 3.28. The first-order chi connectivity index (χ1) is 15.1. The monoisotopic (exact) mass is 454 g/mol. The van der Waals surface area contributed by atoms with Crippen LogP contribution in [0.2, 0.25) is 5.02 Å². The zero-order valence-electron chi connectivity index (χ0n) is 16.5. The van der Waals surface area contributed by atoms with Gasteiger partial charge in [-0.25, -0.2) is 9.67 Å². The van der Waals surface area contributed by atoms with Crippen molar-refractivity contribution in [2.45, 2.75) is 6.54 Å². The Hall–Kier alpha value is -3.01. The summed E-state index contributed by atoms with van der Waals surface area (Å²) < 4.78 is 3.22. The molecule has 0 atom stereocenters. The predicted octanol–water partition coefficient (Wildman–Crippen LogP) is 2.55. The number of carbonyl (C=O) groups excluding carboxylic acids is 1. The van der Waals surface area contributed by atoms with Crippen molar-refractivity contribution in [2.75, 3.05) is 26.2 Å². The second-order valence-electron chi connectivity index (χ2n) is 7.36. The number of benzene rings is 1. The number of fused-ring (bicyclic) bond motifs is 1. The lowest BCUT2D eigenvalue weighted by molar-refractivity contribution is 0.0627. The van der Waals surface area contributed by atoms with E-state index in [2.05, 4.69) is 15.0 Å². The van der Waals surface area contributed by atoms with Gasteiger partial charge in [0.05, 0.1) is 23.1 Å². The van der Waals surface area contributed by atoms with Crippen molar-refractivity contribution in [3.63, 3.8) is 0 Å². The first-order valence-electron chi connectivity index (χ1n) is 9.85. The molecule has 158 valence electrons. The van der Waals surface area contributed by atoms with E-state index < -0.39 is 0 Å². The van der Waals surface area contributed by atoms with Gasteiger partial charge < -0.3 is 4.90 Å². The fraction of sp³-hybridized carbons (Fsp3) is 0.238. The standard InChI is InChI=1S/C21H19ClN6O2S/c22-16-1-3-18(4-2-16)28-13-15(12-23-28)20(30)26-7-5-25(6-8-26)14-17-11-19(29)27-9-10-31-21(27)24-17/h1-4,9-13H,5-8,14H2. The Morgan fingerprint density at radius 2 is 1.90 bits per heavy atom. The van der Waals surface area contributed by atoms with Crippen molar-refractivity contribution in [3.8, 4) is 5.69 Å². The van der Waals surface area contributed by atoms with Crippen LogP contribution in [-0.2, 0) is 6.54 Å². The summed E-state index contributed by atoms with van der Waals surface area (Å²) in [5.41, 5.74) is 2.10. The van der Waals surface area contributed by atoms with Gasteiger partial charge >= 0.3 is 0 Å². The molecule has 0 radical (unpaired) electrons. The number of nitrogens with zero attached hydrogens (tertiary/aromatic N) is 6. The number of piperazine rings is 1. The molecule has 8 nitrogen and oxygen atoms in total. The molecule has 1 aliphatic heterocycles. The highest BCUT2D eigenvalue weighted by Gasteiger charge is 2.23. The Morgan fingerprint density at radius 1 is 1.13 bits per heavy atom. The molecule has 0 aliphatic carbocycles. The lowest BCUT2D eigenvalue weighted by atomic mass is 10.2. The van der Waals surface area contributed by atoms with Crippen LogP contribution in [0.4, 0.5) is 0 Å². The third-order valence-corrected chi connectivity index (χ3v) is 6.33. The van der Waals surface area contributed by atoms with E-state index in [9.17, 15) is 9.59 Å². The van der Waals surface area contributed by atoms with Crippen LogP contribution < -0.4 is 5.56 Å². The molecule has 0 N–H and O–H groups in total. The molecule has 5 rings (SSSR count). The molecule has 3 aromatic heterocycles. The molecule has 1 amide bonds. The second kappa shape index (κ2) is 8.26. The molecule has 31 heavy (non-hydrogen) atoms. The largest absolute Gasteiger partial charge is 0.336 e. The normalized spacial score (nSPS) is 14.9. The fourth-order valence-corrected chi connectivity index (χ4v) is 4.52. The Labute approximate surface area is 186 Å². The van der Waals surface area contributed by atoms with Crippen LogP contribution in [0.25, 0.3) is 10.6 Å². The fourth-order valence-electron chi connectivity index (χ4n) is 3.66. The molecule has 1 aromatic carbocycles. The lowest BCUT2D eigenvalue weighted by Gasteiger charge is -2.34. The summed E-state index contributed by atoms with van der Waals surface area (Å²) in [5.74, 6) is -0.0313. The van der Waals surface area contributed by atoms with Crippen molar-refractivity contribution in [3.05, 3.63) is 80.9 Å². The number of halogens is 1. The molecule has 1 fully saturated rings. The highest BCUT2D eigenvalue weighted by atomic mass is 35.5. The van der Waals surface area contributed by atoms with Gasteiger partial charge in [0.15, 0.2) is 4.96 Å². The summed E-state index contributed by atoms with van der Waals surface area (Å²) >= 11 is 7.38. The minimum atomic E-state index is -0.0623. The summed E-state index contributed by atoms with van der Waals surface area (Å²) in [5, 5.41) is 6.82. The molecule has 0 spiro atoms. The molecule has 1 saturated heterocycles. The summed E-state index contributed by atoms with van der Waals surface area (Å²) in [7, 11) is 0. The van der Waals surface area contributed by atoms with Gasteiger partial charge in [-0.2, -0.15) is 5.10 Å². The number of hydrogen-bond acceptors (Lipinski definition) is 6. The van der Waals surface area contributed by atoms with Crippen LogP contribution in [0, 0.1) is 0 Å². The zero-order valence-corrected chi connectivity index (χ0v) is 18.1. The predicted molar refractivity (Wildman–Crippen MR) is 119 cm³/mol. The molecule has 10 heteroatoms. The van der Waals surface area contributed by atoms with Gasteiger partial charge in [-0.1, -0.05) is 11.6 Å². The number of thiazole rings is 1. The molecular weight excluding hydrogens is 436 g/mol.